The summed E-state index contributed by atoms with van der Waals surface area (Å²) in [4.78, 5) is 13.8. The fourth-order valence-electron chi connectivity index (χ4n) is 3.27. The molecule has 0 saturated carbocycles. The summed E-state index contributed by atoms with van der Waals surface area (Å²) >= 11 is 2.84. The molecular formula is C23H21FN4O2S2. The average molecular weight is 469 g/mol. The van der Waals surface area contributed by atoms with Gasteiger partial charge in [0.15, 0.2) is 11.0 Å². The van der Waals surface area contributed by atoms with Gasteiger partial charge >= 0.3 is 0 Å². The number of benzene rings is 1. The van der Waals surface area contributed by atoms with E-state index < -0.39 is 0 Å². The maximum absolute atomic E-state index is 13.4. The van der Waals surface area contributed by atoms with Crippen LogP contribution in [-0.2, 0) is 11.3 Å². The fourth-order valence-corrected chi connectivity index (χ4v) is 4.83. The van der Waals surface area contributed by atoms with Gasteiger partial charge in [-0.05, 0) is 42.1 Å². The molecular weight excluding hydrogens is 447 g/mol. The van der Waals surface area contributed by atoms with Gasteiger partial charge in [-0.2, -0.15) is 0 Å². The van der Waals surface area contributed by atoms with Gasteiger partial charge in [0.25, 0.3) is 0 Å². The zero-order valence-electron chi connectivity index (χ0n) is 17.3. The lowest BCUT2D eigenvalue weighted by Gasteiger charge is -2.18. The van der Waals surface area contributed by atoms with E-state index in [9.17, 15) is 9.18 Å². The molecule has 1 amide bonds. The molecule has 3 aromatic heterocycles. The van der Waals surface area contributed by atoms with E-state index in [-0.39, 0.29) is 23.5 Å². The lowest BCUT2D eigenvalue weighted by molar-refractivity contribution is -0.119. The molecule has 32 heavy (non-hydrogen) atoms. The summed E-state index contributed by atoms with van der Waals surface area (Å²) in [6.45, 7) is 6.18. The van der Waals surface area contributed by atoms with Crippen LogP contribution in [0.2, 0.25) is 0 Å². The van der Waals surface area contributed by atoms with E-state index >= 15 is 0 Å². The molecule has 0 saturated heterocycles. The average Bonchev–Trinajstić information content (AvgIpc) is 3.53. The van der Waals surface area contributed by atoms with Crippen LogP contribution in [0.15, 0.2) is 76.3 Å². The van der Waals surface area contributed by atoms with Crippen molar-refractivity contribution in [2.45, 2.75) is 24.7 Å². The first-order chi connectivity index (χ1) is 15.6. The monoisotopic (exact) mass is 468 g/mol. The Balaban J connectivity index is 1.49. The van der Waals surface area contributed by atoms with Crippen molar-refractivity contribution in [2.24, 2.45) is 0 Å². The molecule has 0 aliphatic heterocycles. The Morgan fingerprint density at radius 3 is 2.78 bits per heavy atom. The predicted molar refractivity (Wildman–Crippen MR) is 124 cm³/mol. The van der Waals surface area contributed by atoms with E-state index in [0.717, 1.165) is 21.8 Å². The number of carbonyl (C=O) groups excluding carboxylic acids is 1. The van der Waals surface area contributed by atoms with Gasteiger partial charge in [0.1, 0.15) is 11.6 Å². The minimum absolute atomic E-state index is 0.155. The summed E-state index contributed by atoms with van der Waals surface area (Å²) in [6.07, 6.45) is 3.37. The minimum Gasteiger partial charge on any atom is -0.469 e. The van der Waals surface area contributed by atoms with Crippen molar-refractivity contribution in [1.29, 1.82) is 0 Å². The normalized spacial score (nSPS) is 11.9. The standard InChI is InChI=1S/C23H21FN4O2S2/c1-3-11-28-22(18-10-12-30-15(18)2)26-27-23(28)32-14-20(29)25-21(19-5-4-13-31-19)16-6-8-17(24)9-7-16/h3-10,12-13,21H,1,11,14H2,2H3,(H,25,29)/t21-/m1/s1. The number of amides is 1. The van der Waals surface area contributed by atoms with Crippen molar-refractivity contribution in [3.8, 4) is 11.4 Å². The second-order valence-electron chi connectivity index (χ2n) is 6.95. The van der Waals surface area contributed by atoms with Crippen molar-refractivity contribution in [3.05, 3.63) is 88.8 Å². The van der Waals surface area contributed by atoms with Crippen LogP contribution < -0.4 is 5.32 Å². The first-order valence-corrected chi connectivity index (χ1v) is 11.7. The Hall–Kier alpha value is -3.17. The molecule has 1 atom stereocenters. The summed E-state index contributed by atoms with van der Waals surface area (Å²) in [5.41, 5.74) is 1.67. The number of carbonyl (C=O) groups is 1. The van der Waals surface area contributed by atoms with Gasteiger partial charge in [-0.3, -0.25) is 9.36 Å². The minimum atomic E-state index is -0.348. The summed E-state index contributed by atoms with van der Waals surface area (Å²) in [6, 6.07) is 11.5. The molecule has 6 nitrogen and oxygen atoms in total. The van der Waals surface area contributed by atoms with E-state index in [4.69, 9.17) is 4.42 Å². The number of hydrogen-bond donors (Lipinski definition) is 1. The first-order valence-electron chi connectivity index (χ1n) is 9.86. The predicted octanol–water partition coefficient (Wildman–Crippen LogP) is 5.23. The van der Waals surface area contributed by atoms with Crippen LogP contribution in [0.3, 0.4) is 0 Å². The van der Waals surface area contributed by atoms with E-state index in [1.165, 1.54) is 35.2 Å². The van der Waals surface area contributed by atoms with Crippen LogP contribution in [0.1, 0.15) is 22.2 Å². The number of rotatable bonds is 9. The molecule has 9 heteroatoms. The van der Waals surface area contributed by atoms with Crippen LogP contribution >= 0.6 is 23.1 Å². The molecule has 4 rings (SSSR count). The van der Waals surface area contributed by atoms with Crippen LogP contribution in [-0.4, -0.2) is 26.4 Å². The maximum atomic E-state index is 13.4. The van der Waals surface area contributed by atoms with E-state index in [1.807, 2.05) is 35.1 Å². The number of halogens is 1. The summed E-state index contributed by atoms with van der Waals surface area (Å²) < 4.78 is 20.7. The van der Waals surface area contributed by atoms with Crippen molar-refractivity contribution in [2.75, 3.05) is 5.75 Å². The third-order valence-corrected chi connectivity index (χ3v) is 6.70. The highest BCUT2D eigenvalue weighted by molar-refractivity contribution is 7.99. The lowest BCUT2D eigenvalue weighted by Crippen LogP contribution is -2.30. The van der Waals surface area contributed by atoms with Crippen LogP contribution in [0, 0.1) is 12.7 Å². The van der Waals surface area contributed by atoms with Gasteiger partial charge in [-0.1, -0.05) is 36.0 Å². The molecule has 4 aromatic rings. The molecule has 164 valence electrons. The van der Waals surface area contributed by atoms with Gasteiger partial charge in [0.2, 0.25) is 5.91 Å². The Labute approximate surface area is 193 Å². The molecule has 0 radical (unpaired) electrons. The molecule has 0 unspecified atom stereocenters. The molecule has 0 fully saturated rings. The second kappa shape index (κ2) is 9.97. The summed E-state index contributed by atoms with van der Waals surface area (Å²) in [5.74, 6) is 1.09. The highest BCUT2D eigenvalue weighted by atomic mass is 32.2. The summed E-state index contributed by atoms with van der Waals surface area (Å²) in [7, 11) is 0. The third kappa shape index (κ3) is 4.84. The van der Waals surface area contributed by atoms with E-state index in [0.29, 0.717) is 17.5 Å². The largest absolute Gasteiger partial charge is 0.469 e. The van der Waals surface area contributed by atoms with Gasteiger partial charge in [-0.25, -0.2) is 4.39 Å². The number of thiophene rings is 1. The highest BCUT2D eigenvalue weighted by Crippen LogP contribution is 2.29. The number of aromatic nitrogens is 3. The molecule has 0 aliphatic carbocycles. The number of furan rings is 1. The maximum Gasteiger partial charge on any atom is 0.231 e. The number of allylic oxidation sites excluding steroid dienone is 1. The second-order valence-corrected chi connectivity index (χ2v) is 8.87. The van der Waals surface area contributed by atoms with Gasteiger partial charge in [-0.15, -0.1) is 28.1 Å². The Morgan fingerprint density at radius 2 is 2.12 bits per heavy atom. The van der Waals surface area contributed by atoms with Crippen molar-refractivity contribution in [1.82, 2.24) is 20.1 Å². The molecule has 0 aliphatic rings. The smallest absolute Gasteiger partial charge is 0.231 e. The van der Waals surface area contributed by atoms with Crippen LogP contribution in [0.4, 0.5) is 4.39 Å². The van der Waals surface area contributed by atoms with Crippen LogP contribution in [0.5, 0.6) is 0 Å². The van der Waals surface area contributed by atoms with Crippen LogP contribution in [0.25, 0.3) is 11.4 Å². The fraction of sp³-hybridized carbons (Fsp3) is 0.174. The molecule has 3 heterocycles. The zero-order valence-corrected chi connectivity index (χ0v) is 19.0. The van der Waals surface area contributed by atoms with Crippen molar-refractivity contribution < 1.29 is 13.6 Å². The van der Waals surface area contributed by atoms with Crippen molar-refractivity contribution >= 4 is 29.0 Å². The van der Waals surface area contributed by atoms with E-state index in [2.05, 4.69) is 22.1 Å². The number of hydrogen-bond acceptors (Lipinski definition) is 6. The molecule has 0 bridgehead atoms. The molecule has 0 spiro atoms. The lowest BCUT2D eigenvalue weighted by atomic mass is 10.1. The number of aryl methyl sites for hydroxylation is 1. The molecule has 1 N–H and O–H groups in total. The topological polar surface area (TPSA) is 73.0 Å². The number of nitrogens with zero attached hydrogens (tertiary/aromatic N) is 3. The Bertz CT molecular complexity index is 1200. The zero-order chi connectivity index (χ0) is 22.5. The first kappa shape index (κ1) is 22.0. The van der Waals surface area contributed by atoms with Gasteiger partial charge in [0, 0.05) is 11.4 Å². The highest BCUT2D eigenvalue weighted by Gasteiger charge is 2.21. The molecule has 1 aromatic carbocycles. The van der Waals surface area contributed by atoms with Gasteiger partial charge in [0.05, 0.1) is 23.6 Å². The third-order valence-electron chi connectivity index (χ3n) is 4.80. The van der Waals surface area contributed by atoms with E-state index in [1.54, 1.807) is 24.5 Å². The Kier molecular flexibility index (Phi) is 6.87. The SMILES string of the molecule is C=CCn1c(SCC(=O)N[C@H](c2ccc(F)cc2)c2cccs2)nnc1-c1ccoc1C. The number of nitrogens with one attached hydrogen (secondary N) is 1. The quantitative estimate of drug-likeness (QED) is 0.269. The van der Waals surface area contributed by atoms with Gasteiger partial charge < -0.3 is 9.73 Å². The number of thioether (sulfide) groups is 1. The summed E-state index contributed by atoms with van der Waals surface area (Å²) in [5, 5.41) is 14.2. The Morgan fingerprint density at radius 1 is 1.31 bits per heavy atom. The van der Waals surface area contributed by atoms with Crippen molar-refractivity contribution in [3.63, 3.8) is 0 Å².